The molecule has 1 rings (SSSR count). The molecule has 78 valence electrons. The van der Waals surface area contributed by atoms with Crippen LogP contribution in [0.25, 0.3) is 0 Å². The lowest BCUT2D eigenvalue weighted by Gasteiger charge is -2.16. The fourth-order valence-corrected chi connectivity index (χ4v) is 1.31. The highest BCUT2D eigenvalue weighted by molar-refractivity contribution is 9.10. The molecule has 0 fully saturated rings. The molecule has 1 nitrogen and oxygen atoms in total. The molecule has 0 bridgehead atoms. The van der Waals surface area contributed by atoms with Crippen molar-refractivity contribution in [2.75, 3.05) is 0 Å². The number of benzene rings is 1. The molecule has 14 heavy (non-hydrogen) atoms. The minimum absolute atomic E-state index is 0.355. The minimum Gasteiger partial charge on any atom is -0.316 e. The van der Waals surface area contributed by atoms with E-state index in [1.54, 1.807) is 0 Å². The van der Waals surface area contributed by atoms with Crippen LogP contribution in [0.4, 0.5) is 17.6 Å². The third kappa shape index (κ3) is 2.45. The molecule has 0 heterocycles. The minimum atomic E-state index is -4.64. The first-order chi connectivity index (χ1) is 6.32. The van der Waals surface area contributed by atoms with Crippen molar-refractivity contribution in [1.29, 1.82) is 0 Å². The Labute approximate surface area is 86.0 Å². The first kappa shape index (κ1) is 11.5. The summed E-state index contributed by atoms with van der Waals surface area (Å²) in [6, 6.07) is 0.973. The number of halogens is 5. The summed E-state index contributed by atoms with van der Waals surface area (Å²) in [5.41, 5.74) is 4.29. The van der Waals surface area contributed by atoms with E-state index in [0.717, 1.165) is 12.1 Å². The Morgan fingerprint density at radius 1 is 1.29 bits per heavy atom. The van der Waals surface area contributed by atoms with Gasteiger partial charge in [0.25, 0.3) is 0 Å². The van der Waals surface area contributed by atoms with Crippen LogP contribution < -0.4 is 5.73 Å². The summed E-state index contributed by atoms with van der Waals surface area (Å²) in [6.45, 7) is 0. The lowest BCUT2D eigenvalue weighted by atomic mass is 10.1. The Bertz CT molecular complexity index is 337. The molecule has 6 heteroatoms. The third-order valence-electron chi connectivity index (χ3n) is 1.65. The van der Waals surface area contributed by atoms with Gasteiger partial charge in [0.2, 0.25) is 0 Å². The molecule has 0 saturated heterocycles. The van der Waals surface area contributed by atoms with Gasteiger partial charge in [-0.05, 0) is 18.2 Å². The van der Waals surface area contributed by atoms with Gasteiger partial charge in [-0.15, -0.1) is 0 Å². The molecule has 0 spiro atoms. The highest BCUT2D eigenvalue weighted by Crippen LogP contribution is 2.32. The second kappa shape index (κ2) is 3.86. The summed E-state index contributed by atoms with van der Waals surface area (Å²) in [4.78, 5) is 0. The average molecular weight is 272 g/mol. The van der Waals surface area contributed by atoms with Gasteiger partial charge < -0.3 is 5.73 Å². The Morgan fingerprint density at radius 3 is 2.36 bits per heavy atom. The topological polar surface area (TPSA) is 26.0 Å². The molecule has 0 aliphatic heterocycles. The van der Waals surface area contributed by atoms with Crippen LogP contribution in [0.3, 0.4) is 0 Å². The van der Waals surface area contributed by atoms with E-state index in [9.17, 15) is 17.6 Å². The summed E-state index contributed by atoms with van der Waals surface area (Å²) in [5.74, 6) is -0.960. The predicted octanol–water partition coefficient (Wildman–Crippen LogP) is 3.15. The van der Waals surface area contributed by atoms with Gasteiger partial charge in [0, 0.05) is 10.0 Å². The summed E-state index contributed by atoms with van der Waals surface area (Å²) < 4.78 is 49.7. The number of alkyl halides is 3. The maximum atomic E-state index is 12.9. The highest BCUT2D eigenvalue weighted by atomic mass is 79.9. The van der Waals surface area contributed by atoms with Gasteiger partial charge in [-0.1, -0.05) is 15.9 Å². The zero-order chi connectivity index (χ0) is 10.9. The molecule has 1 aromatic carbocycles. The van der Waals surface area contributed by atoms with Crippen molar-refractivity contribution < 1.29 is 17.6 Å². The van der Waals surface area contributed by atoms with E-state index in [-0.39, 0.29) is 0 Å². The smallest absolute Gasteiger partial charge is 0.316 e. The molecule has 2 N–H and O–H groups in total. The van der Waals surface area contributed by atoms with E-state index in [4.69, 9.17) is 5.73 Å². The van der Waals surface area contributed by atoms with E-state index < -0.39 is 23.6 Å². The molecule has 0 radical (unpaired) electrons. The van der Waals surface area contributed by atoms with Crippen molar-refractivity contribution in [3.63, 3.8) is 0 Å². The Balaban J connectivity index is 3.12. The highest BCUT2D eigenvalue weighted by Gasteiger charge is 2.39. The fraction of sp³-hybridized carbons (Fsp3) is 0.250. The van der Waals surface area contributed by atoms with E-state index in [1.807, 2.05) is 0 Å². The van der Waals surface area contributed by atoms with E-state index in [0.29, 0.717) is 4.47 Å². The number of nitrogens with two attached hydrogens (primary N) is 1. The SMILES string of the molecule is N[C@H](c1cc(Br)ccc1F)C(F)(F)F. The number of rotatable bonds is 1. The zero-order valence-corrected chi connectivity index (χ0v) is 8.36. The lowest BCUT2D eigenvalue weighted by molar-refractivity contribution is -0.149. The molecule has 0 aliphatic carbocycles. The molecule has 1 aromatic rings. The summed E-state index contributed by atoms with van der Waals surface area (Å²) in [7, 11) is 0. The van der Waals surface area contributed by atoms with Gasteiger partial charge in [-0.2, -0.15) is 13.2 Å². The monoisotopic (exact) mass is 271 g/mol. The van der Waals surface area contributed by atoms with Gasteiger partial charge in [-0.3, -0.25) is 0 Å². The van der Waals surface area contributed by atoms with E-state index in [2.05, 4.69) is 15.9 Å². The Morgan fingerprint density at radius 2 is 1.86 bits per heavy atom. The van der Waals surface area contributed by atoms with Crippen LogP contribution in [0.15, 0.2) is 22.7 Å². The summed E-state index contributed by atoms with van der Waals surface area (Å²) in [6.07, 6.45) is -4.64. The van der Waals surface area contributed by atoms with Crippen molar-refractivity contribution >= 4 is 15.9 Å². The van der Waals surface area contributed by atoms with Crippen molar-refractivity contribution in [2.24, 2.45) is 5.73 Å². The molecule has 0 amide bonds. The Kier molecular flexibility index (Phi) is 3.16. The number of hydrogen-bond donors (Lipinski definition) is 1. The molecule has 0 aromatic heterocycles. The van der Waals surface area contributed by atoms with Crippen LogP contribution in [-0.2, 0) is 0 Å². The summed E-state index contributed by atoms with van der Waals surface area (Å²) >= 11 is 2.94. The maximum Gasteiger partial charge on any atom is 0.407 e. The molecule has 0 unspecified atom stereocenters. The standard InChI is InChI=1S/C8H6BrF4N/c9-4-1-2-6(10)5(3-4)7(14)8(11,12)13/h1-3,7H,14H2/t7-/m1/s1. The van der Waals surface area contributed by atoms with Crippen LogP contribution in [0.5, 0.6) is 0 Å². The maximum absolute atomic E-state index is 12.9. The van der Waals surface area contributed by atoms with Crippen LogP contribution >= 0.6 is 15.9 Å². The van der Waals surface area contributed by atoms with E-state index >= 15 is 0 Å². The van der Waals surface area contributed by atoms with Crippen LogP contribution in [0, 0.1) is 5.82 Å². The molecule has 0 saturated carbocycles. The molecular weight excluding hydrogens is 266 g/mol. The van der Waals surface area contributed by atoms with Crippen molar-refractivity contribution in [3.05, 3.63) is 34.1 Å². The van der Waals surface area contributed by atoms with Gasteiger partial charge in [0.15, 0.2) is 0 Å². The second-order valence-electron chi connectivity index (χ2n) is 2.69. The van der Waals surface area contributed by atoms with Gasteiger partial charge >= 0.3 is 6.18 Å². The van der Waals surface area contributed by atoms with Gasteiger partial charge in [-0.25, -0.2) is 4.39 Å². The molecule has 0 aliphatic rings. The summed E-state index contributed by atoms with van der Waals surface area (Å²) in [5, 5.41) is 0. The normalized spacial score (nSPS) is 14.1. The first-order valence-electron chi connectivity index (χ1n) is 3.59. The largest absolute Gasteiger partial charge is 0.407 e. The third-order valence-corrected chi connectivity index (χ3v) is 2.14. The molecule has 1 atom stereocenters. The van der Waals surface area contributed by atoms with Crippen LogP contribution in [0.1, 0.15) is 11.6 Å². The lowest BCUT2D eigenvalue weighted by Crippen LogP contribution is -2.29. The van der Waals surface area contributed by atoms with Crippen molar-refractivity contribution in [1.82, 2.24) is 0 Å². The van der Waals surface area contributed by atoms with Crippen LogP contribution in [0.2, 0.25) is 0 Å². The Hall–Kier alpha value is -0.620. The molecular formula is C8H6BrF4N. The van der Waals surface area contributed by atoms with Crippen molar-refractivity contribution in [3.8, 4) is 0 Å². The number of hydrogen-bond acceptors (Lipinski definition) is 1. The second-order valence-corrected chi connectivity index (χ2v) is 3.60. The quantitative estimate of drug-likeness (QED) is 0.781. The van der Waals surface area contributed by atoms with Gasteiger partial charge in [0.1, 0.15) is 11.9 Å². The van der Waals surface area contributed by atoms with Crippen LogP contribution in [-0.4, -0.2) is 6.18 Å². The first-order valence-corrected chi connectivity index (χ1v) is 4.39. The van der Waals surface area contributed by atoms with Gasteiger partial charge in [0.05, 0.1) is 0 Å². The predicted molar refractivity (Wildman–Crippen MR) is 47.1 cm³/mol. The van der Waals surface area contributed by atoms with E-state index in [1.165, 1.54) is 6.07 Å². The zero-order valence-electron chi connectivity index (χ0n) is 6.78. The average Bonchev–Trinajstić information content (AvgIpc) is 2.06. The van der Waals surface area contributed by atoms with Crippen molar-refractivity contribution in [2.45, 2.75) is 12.2 Å². The fourth-order valence-electron chi connectivity index (χ4n) is 0.929.